The molecule has 2 rings (SSSR count). The summed E-state index contributed by atoms with van der Waals surface area (Å²) in [5.74, 6) is 0.161. The van der Waals surface area contributed by atoms with Crippen molar-refractivity contribution >= 4 is 17.3 Å². The SMILES string of the molecule is CN=C(NCCc1nc(C(F)(F)F)cs1)NCc1cccc(F)c1. The number of guanidine groups is 1. The molecule has 0 unspecified atom stereocenters. The molecule has 0 spiro atoms. The van der Waals surface area contributed by atoms with E-state index in [0.717, 1.165) is 22.3 Å². The molecule has 0 saturated heterocycles. The number of hydrogen-bond donors (Lipinski definition) is 2. The standard InChI is InChI=1S/C15H16F4N4S/c1-20-14(22-8-10-3-2-4-11(16)7-10)21-6-5-13-23-12(9-24-13)15(17,18)19/h2-4,7,9H,5-6,8H2,1H3,(H2,20,21,22). The lowest BCUT2D eigenvalue weighted by molar-refractivity contribution is -0.140. The van der Waals surface area contributed by atoms with Gasteiger partial charge >= 0.3 is 6.18 Å². The molecule has 130 valence electrons. The van der Waals surface area contributed by atoms with Gasteiger partial charge in [0.1, 0.15) is 5.82 Å². The van der Waals surface area contributed by atoms with Crippen LogP contribution in [0.3, 0.4) is 0 Å². The van der Waals surface area contributed by atoms with Crippen LogP contribution in [0.15, 0.2) is 34.6 Å². The fraction of sp³-hybridized carbons (Fsp3) is 0.333. The molecule has 0 atom stereocenters. The summed E-state index contributed by atoms with van der Waals surface area (Å²) in [5, 5.41) is 7.39. The van der Waals surface area contributed by atoms with Crippen LogP contribution >= 0.6 is 11.3 Å². The maximum absolute atomic E-state index is 13.1. The number of rotatable bonds is 5. The Hall–Kier alpha value is -2.16. The number of benzene rings is 1. The summed E-state index contributed by atoms with van der Waals surface area (Å²) in [5.41, 5.74) is -0.108. The van der Waals surface area contributed by atoms with E-state index >= 15 is 0 Å². The molecule has 1 aromatic heterocycles. The van der Waals surface area contributed by atoms with Gasteiger partial charge in [0.05, 0.1) is 5.01 Å². The van der Waals surface area contributed by atoms with E-state index in [0.29, 0.717) is 30.5 Å². The van der Waals surface area contributed by atoms with Gasteiger partial charge in [-0.15, -0.1) is 11.3 Å². The zero-order valence-electron chi connectivity index (χ0n) is 12.8. The van der Waals surface area contributed by atoms with E-state index in [2.05, 4.69) is 20.6 Å². The number of hydrogen-bond acceptors (Lipinski definition) is 3. The molecule has 0 radical (unpaired) electrons. The molecule has 0 saturated carbocycles. The van der Waals surface area contributed by atoms with Gasteiger partial charge in [0.2, 0.25) is 0 Å². The highest BCUT2D eigenvalue weighted by molar-refractivity contribution is 7.09. The van der Waals surface area contributed by atoms with E-state index in [4.69, 9.17) is 0 Å². The summed E-state index contributed by atoms with van der Waals surface area (Å²) in [6.07, 6.45) is -4.06. The summed E-state index contributed by atoms with van der Waals surface area (Å²) in [7, 11) is 1.58. The lowest BCUT2D eigenvalue weighted by Crippen LogP contribution is -2.37. The van der Waals surface area contributed by atoms with Crippen LogP contribution < -0.4 is 10.6 Å². The molecule has 1 heterocycles. The smallest absolute Gasteiger partial charge is 0.356 e. The average molecular weight is 360 g/mol. The highest BCUT2D eigenvalue weighted by atomic mass is 32.1. The molecule has 9 heteroatoms. The van der Waals surface area contributed by atoms with Crippen molar-refractivity contribution < 1.29 is 17.6 Å². The average Bonchev–Trinajstić information content (AvgIpc) is 3.00. The van der Waals surface area contributed by atoms with Gasteiger partial charge in [-0.2, -0.15) is 13.2 Å². The Morgan fingerprint density at radius 1 is 1.29 bits per heavy atom. The monoisotopic (exact) mass is 360 g/mol. The second-order valence-corrected chi connectivity index (χ2v) is 5.80. The normalized spacial score (nSPS) is 12.3. The minimum absolute atomic E-state index is 0.318. The summed E-state index contributed by atoms with van der Waals surface area (Å²) >= 11 is 0.974. The third-order valence-electron chi connectivity index (χ3n) is 3.05. The Labute approximate surface area is 140 Å². The van der Waals surface area contributed by atoms with Crippen LogP contribution in [0.1, 0.15) is 16.3 Å². The first-order chi connectivity index (χ1) is 11.4. The Morgan fingerprint density at radius 2 is 2.08 bits per heavy atom. The van der Waals surface area contributed by atoms with Crippen LogP contribution in [0.25, 0.3) is 0 Å². The Bertz CT molecular complexity index is 697. The molecule has 0 fully saturated rings. The van der Waals surface area contributed by atoms with Crippen LogP contribution in [0.5, 0.6) is 0 Å². The topological polar surface area (TPSA) is 49.3 Å². The Morgan fingerprint density at radius 3 is 2.71 bits per heavy atom. The molecule has 2 N–H and O–H groups in total. The molecule has 0 aliphatic heterocycles. The van der Waals surface area contributed by atoms with Gasteiger partial charge in [-0.25, -0.2) is 9.37 Å². The third-order valence-corrected chi connectivity index (χ3v) is 3.95. The fourth-order valence-electron chi connectivity index (χ4n) is 1.90. The predicted octanol–water partition coefficient (Wildman–Crippen LogP) is 3.21. The third kappa shape index (κ3) is 5.48. The predicted molar refractivity (Wildman–Crippen MR) is 85.4 cm³/mol. The second-order valence-electron chi connectivity index (χ2n) is 4.86. The number of halogens is 4. The molecule has 0 aliphatic carbocycles. The number of thiazole rings is 1. The van der Waals surface area contributed by atoms with Crippen LogP contribution in [-0.4, -0.2) is 24.5 Å². The van der Waals surface area contributed by atoms with E-state index < -0.39 is 11.9 Å². The molecule has 24 heavy (non-hydrogen) atoms. The first kappa shape index (κ1) is 18.2. The van der Waals surface area contributed by atoms with Crippen molar-refractivity contribution in [2.75, 3.05) is 13.6 Å². The quantitative estimate of drug-likeness (QED) is 0.489. The Kier molecular flexibility index (Phi) is 6.13. The highest BCUT2D eigenvalue weighted by Gasteiger charge is 2.33. The summed E-state index contributed by atoms with van der Waals surface area (Å²) in [6.45, 7) is 0.764. The molecule has 0 aliphatic rings. The molecule has 4 nitrogen and oxygen atoms in total. The van der Waals surface area contributed by atoms with E-state index in [-0.39, 0.29) is 5.82 Å². The van der Waals surface area contributed by atoms with Gasteiger partial charge in [0.25, 0.3) is 0 Å². The van der Waals surface area contributed by atoms with Gasteiger partial charge in [0.15, 0.2) is 11.7 Å². The molecule has 0 bridgehead atoms. The van der Waals surface area contributed by atoms with Crippen molar-refractivity contribution in [1.82, 2.24) is 15.6 Å². The molecular weight excluding hydrogens is 344 g/mol. The minimum Gasteiger partial charge on any atom is -0.356 e. The van der Waals surface area contributed by atoms with Crippen molar-refractivity contribution in [2.24, 2.45) is 4.99 Å². The largest absolute Gasteiger partial charge is 0.434 e. The van der Waals surface area contributed by atoms with E-state index in [1.807, 2.05) is 0 Å². The van der Waals surface area contributed by atoms with E-state index in [9.17, 15) is 17.6 Å². The van der Waals surface area contributed by atoms with Crippen LogP contribution in [0.4, 0.5) is 17.6 Å². The summed E-state index contributed by atoms with van der Waals surface area (Å²) in [6, 6.07) is 6.16. The van der Waals surface area contributed by atoms with Crippen molar-refractivity contribution in [3.8, 4) is 0 Å². The molecule has 0 amide bonds. The maximum atomic E-state index is 13.1. The number of nitrogens with zero attached hydrogens (tertiary/aromatic N) is 2. The van der Waals surface area contributed by atoms with Gasteiger partial charge < -0.3 is 10.6 Å². The molecular formula is C15H16F4N4S. The first-order valence-electron chi connectivity index (χ1n) is 7.09. The van der Waals surface area contributed by atoms with Gasteiger partial charge in [-0.3, -0.25) is 4.99 Å². The van der Waals surface area contributed by atoms with Crippen molar-refractivity contribution in [2.45, 2.75) is 19.1 Å². The number of aromatic nitrogens is 1. The summed E-state index contributed by atoms with van der Waals surface area (Å²) in [4.78, 5) is 7.56. The minimum atomic E-state index is -4.41. The Balaban J connectivity index is 1.78. The van der Waals surface area contributed by atoms with Crippen molar-refractivity contribution in [3.05, 3.63) is 51.7 Å². The summed E-state index contributed by atoms with van der Waals surface area (Å²) < 4.78 is 50.5. The van der Waals surface area contributed by atoms with Gasteiger partial charge in [-0.05, 0) is 17.7 Å². The van der Waals surface area contributed by atoms with Gasteiger partial charge in [-0.1, -0.05) is 12.1 Å². The fourth-order valence-corrected chi connectivity index (χ4v) is 2.70. The van der Waals surface area contributed by atoms with Crippen LogP contribution in [0.2, 0.25) is 0 Å². The molecule has 2 aromatic rings. The highest BCUT2D eigenvalue weighted by Crippen LogP contribution is 2.29. The number of nitrogens with one attached hydrogen (secondary N) is 2. The molecule has 1 aromatic carbocycles. The number of alkyl halides is 3. The van der Waals surface area contributed by atoms with E-state index in [1.54, 1.807) is 19.2 Å². The maximum Gasteiger partial charge on any atom is 0.434 e. The zero-order valence-corrected chi connectivity index (χ0v) is 13.6. The lowest BCUT2D eigenvalue weighted by atomic mass is 10.2. The van der Waals surface area contributed by atoms with Gasteiger partial charge in [0, 0.05) is 31.9 Å². The second kappa shape index (κ2) is 8.09. The number of aliphatic imine (C=N–C) groups is 1. The van der Waals surface area contributed by atoms with Crippen molar-refractivity contribution in [3.63, 3.8) is 0 Å². The van der Waals surface area contributed by atoms with E-state index in [1.165, 1.54) is 12.1 Å². The van der Waals surface area contributed by atoms with Crippen LogP contribution in [-0.2, 0) is 19.1 Å². The lowest BCUT2D eigenvalue weighted by Gasteiger charge is -2.11. The first-order valence-corrected chi connectivity index (χ1v) is 7.97. The van der Waals surface area contributed by atoms with Crippen molar-refractivity contribution in [1.29, 1.82) is 0 Å². The zero-order chi connectivity index (χ0) is 17.6. The van der Waals surface area contributed by atoms with Crippen LogP contribution in [0, 0.1) is 5.82 Å².